The van der Waals surface area contributed by atoms with Crippen LogP contribution in [0.2, 0.25) is 0 Å². The molecule has 136 valence electrons. The number of nitrogens with one attached hydrogen (secondary N) is 1. The van der Waals surface area contributed by atoms with Crippen molar-refractivity contribution in [3.05, 3.63) is 46.1 Å². The van der Waals surface area contributed by atoms with E-state index in [1.54, 1.807) is 45.2 Å². The summed E-state index contributed by atoms with van der Waals surface area (Å²) in [6.45, 7) is 5.30. The number of anilines is 1. The lowest BCUT2D eigenvalue weighted by Gasteiger charge is -2.17. The highest BCUT2D eigenvalue weighted by atomic mass is 16.5. The van der Waals surface area contributed by atoms with E-state index in [9.17, 15) is 9.59 Å². The molecule has 0 aliphatic heterocycles. The van der Waals surface area contributed by atoms with Gasteiger partial charge >= 0.3 is 0 Å². The number of carbonyl (C=O) groups excluding carboxylic acids is 1. The van der Waals surface area contributed by atoms with Crippen LogP contribution in [0.4, 0.5) is 5.69 Å². The minimum absolute atomic E-state index is 0.183. The molecular formula is C18H20N4O4. The van der Waals surface area contributed by atoms with Gasteiger partial charge in [0.1, 0.15) is 17.6 Å². The molecule has 2 aromatic heterocycles. The number of amides is 1. The van der Waals surface area contributed by atoms with Gasteiger partial charge in [0.25, 0.3) is 5.56 Å². The monoisotopic (exact) mass is 356 g/mol. The van der Waals surface area contributed by atoms with Crippen molar-refractivity contribution < 1.29 is 14.1 Å². The summed E-state index contributed by atoms with van der Waals surface area (Å²) >= 11 is 0. The van der Waals surface area contributed by atoms with Crippen molar-refractivity contribution in [1.82, 2.24) is 14.9 Å². The van der Waals surface area contributed by atoms with Gasteiger partial charge in [0.05, 0.1) is 18.2 Å². The molecule has 0 unspecified atom stereocenters. The third kappa shape index (κ3) is 3.05. The Kier molecular flexibility index (Phi) is 4.75. The van der Waals surface area contributed by atoms with Crippen LogP contribution in [-0.2, 0) is 4.79 Å². The Labute approximate surface area is 149 Å². The van der Waals surface area contributed by atoms with Gasteiger partial charge in [-0.15, -0.1) is 0 Å². The first-order chi connectivity index (χ1) is 12.5. The van der Waals surface area contributed by atoms with Crippen LogP contribution in [0.5, 0.6) is 5.75 Å². The number of hydrogen-bond acceptors (Lipinski definition) is 6. The number of aromatic nitrogens is 3. The molecular weight excluding hydrogens is 336 g/mol. The summed E-state index contributed by atoms with van der Waals surface area (Å²) in [4.78, 5) is 25.5. The maximum atomic E-state index is 12.8. The van der Waals surface area contributed by atoms with Crippen LogP contribution in [0.25, 0.3) is 10.9 Å². The van der Waals surface area contributed by atoms with Gasteiger partial charge in [0.2, 0.25) is 5.91 Å². The number of rotatable bonds is 5. The second kappa shape index (κ2) is 6.99. The van der Waals surface area contributed by atoms with E-state index in [1.165, 1.54) is 4.68 Å². The van der Waals surface area contributed by atoms with Gasteiger partial charge in [0, 0.05) is 11.8 Å². The lowest BCUT2D eigenvalue weighted by molar-refractivity contribution is -0.119. The van der Waals surface area contributed by atoms with Gasteiger partial charge in [-0.05, 0) is 32.4 Å². The Morgan fingerprint density at radius 1 is 1.38 bits per heavy atom. The quantitative estimate of drug-likeness (QED) is 0.754. The van der Waals surface area contributed by atoms with Gasteiger partial charge in [-0.1, -0.05) is 18.1 Å². The largest absolute Gasteiger partial charge is 0.497 e. The molecule has 1 aromatic carbocycles. The van der Waals surface area contributed by atoms with Crippen molar-refractivity contribution in [2.75, 3.05) is 12.4 Å². The number of fused-ring (bicyclic) bond motifs is 1. The van der Waals surface area contributed by atoms with Crippen LogP contribution in [0.15, 0.2) is 33.6 Å². The zero-order valence-electron chi connectivity index (χ0n) is 15.1. The molecule has 8 heteroatoms. The Balaban J connectivity index is 1.98. The van der Waals surface area contributed by atoms with Crippen molar-refractivity contribution in [2.45, 2.75) is 33.2 Å². The van der Waals surface area contributed by atoms with Gasteiger partial charge in [-0.3, -0.25) is 9.59 Å². The fourth-order valence-electron chi connectivity index (χ4n) is 2.92. The first-order valence-electron chi connectivity index (χ1n) is 8.26. The van der Waals surface area contributed by atoms with Crippen molar-refractivity contribution in [3.63, 3.8) is 0 Å². The Hall–Kier alpha value is -3.16. The van der Waals surface area contributed by atoms with E-state index in [-0.39, 0.29) is 11.4 Å². The number of carbonyl (C=O) groups is 1. The maximum absolute atomic E-state index is 12.8. The highest BCUT2D eigenvalue weighted by molar-refractivity contribution is 5.94. The third-order valence-electron chi connectivity index (χ3n) is 4.21. The first kappa shape index (κ1) is 17.7. The zero-order valence-corrected chi connectivity index (χ0v) is 15.1. The third-order valence-corrected chi connectivity index (χ3v) is 4.21. The van der Waals surface area contributed by atoms with Gasteiger partial charge < -0.3 is 14.6 Å². The van der Waals surface area contributed by atoms with E-state index in [2.05, 4.69) is 15.6 Å². The summed E-state index contributed by atoms with van der Waals surface area (Å²) in [6.07, 6.45) is 0.393. The smallest absolute Gasteiger partial charge is 0.297 e. The molecule has 26 heavy (non-hydrogen) atoms. The number of methoxy groups -OCH3 is 1. The topological polar surface area (TPSA) is 99.2 Å². The molecule has 0 spiro atoms. The van der Waals surface area contributed by atoms with Crippen LogP contribution in [0.3, 0.4) is 0 Å². The van der Waals surface area contributed by atoms with Gasteiger partial charge in [-0.25, -0.2) is 4.68 Å². The second-order valence-electron chi connectivity index (χ2n) is 5.94. The number of benzene rings is 1. The predicted octanol–water partition coefficient (Wildman–Crippen LogP) is 2.60. The van der Waals surface area contributed by atoms with Crippen LogP contribution in [0.1, 0.15) is 30.8 Å². The van der Waals surface area contributed by atoms with E-state index in [1.807, 2.05) is 6.92 Å². The summed E-state index contributed by atoms with van der Waals surface area (Å²) in [5.74, 6) is 0.818. The standard InChI is InChI=1S/C18H20N4O4/c1-5-14(17(23)19-12-7-6-8-13(9-12)25-4)22-18(24)16-15(10(2)20-22)11(3)26-21-16/h6-9,14H,5H2,1-4H3,(H,19,23)/t14-/m0/s1. The van der Waals surface area contributed by atoms with Crippen molar-refractivity contribution in [2.24, 2.45) is 0 Å². The van der Waals surface area contributed by atoms with Crippen LogP contribution >= 0.6 is 0 Å². The first-order valence-corrected chi connectivity index (χ1v) is 8.26. The molecule has 0 bridgehead atoms. The molecule has 8 nitrogen and oxygen atoms in total. The molecule has 0 radical (unpaired) electrons. The molecule has 1 atom stereocenters. The highest BCUT2D eigenvalue weighted by Gasteiger charge is 2.24. The molecule has 0 aliphatic carbocycles. The van der Waals surface area contributed by atoms with Crippen LogP contribution in [0, 0.1) is 13.8 Å². The Morgan fingerprint density at radius 3 is 2.85 bits per heavy atom. The van der Waals surface area contributed by atoms with Crippen molar-refractivity contribution in [3.8, 4) is 5.75 Å². The van der Waals surface area contributed by atoms with E-state index >= 15 is 0 Å². The van der Waals surface area contributed by atoms with Crippen molar-refractivity contribution >= 4 is 22.5 Å². The molecule has 3 aromatic rings. The lowest BCUT2D eigenvalue weighted by atomic mass is 10.2. The minimum Gasteiger partial charge on any atom is -0.497 e. The normalized spacial score (nSPS) is 12.2. The zero-order chi connectivity index (χ0) is 18.8. The van der Waals surface area contributed by atoms with E-state index in [0.717, 1.165) is 0 Å². The summed E-state index contributed by atoms with van der Waals surface area (Å²) in [6, 6.07) is 6.24. The molecule has 2 heterocycles. The van der Waals surface area contributed by atoms with Crippen LogP contribution < -0.4 is 15.6 Å². The van der Waals surface area contributed by atoms with Crippen LogP contribution in [-0.4, -0.2) is 28.0 Å². The number of nitrogens with zero attached hydrogens (tertiary/aromatic N) is 3. The number of hydrogen-bond donors (Lipinski definition) is 1. The second-order valence-corrected chi connectivity index (χ2v) is 5.94. The average Bonchev–Trinajstić information content (AvgIpc) is 3.02. The summed E-state index contributed by atoms with van der Waals surface area (Å²) in [7, 11) is 1.55. The minimum atomic E-state index is -0.770. The fourth-order valence-corrected chi connectivity index (χ4v) is 2.92. The summed E-state index contributed by atoms with van der Waals surface area (Å²) in [5.41, 5.74) is 0.902. The van der Waals surface area contributed by atoms with Crippen molar-refractivity contribution in [1.29, 1.82) is 0 Å². The molecule has 0 fully saturated rings. The van der Waals surface area contributed by atoms with E-state index in [4.69, 9.17) is 9.26 Å². The molecule has 0 saturated heterocycles. The molecule has 3 rings (SSSR count). The van der Waals surface area contributed by atoms with Gasteiger partial charge in [-0.2, -0.15) is 5.10 Å². The average molecular weight is 356 g/mol. The SMILES string of the molecule is CC[C@@H](C(=O)Nc1cccc(OC)c1)n1nc(C)c2c(C)onc2c1=O. The highest BCUT2D eigenvalue weighted by Crippen LogP contribution is 2.21. The summed E-state index contributed by atoms with van der Waals surface area (Å²) < 4.78 is 11.4. The molecule has 1 N–H and O–H groups in total. The Bertz CT molecular complexity index is 1020. The summed E-state index contributed by atoms with van der Waals surface area (Å²) in [5, 5.41) is 11.5. The van der Waals surface area contributed by atoms with E-state index < -0.39 is 11.6 Å². The van der Waals surface area contributed by atoms with E-state index in [0.29, 0.717) is 34.7 Å². The molecule has 1 amide bonds. The maximum Gasteiger partial charge on any atom is 0.297 e. The van der Waals surface area contributed by atoms with Gasteiger partial charge in [0.15, 0.2) is 5.52 Å². The number of ether oxygens (including phenoxy) is 1. The lowest BCUT2D eigenvalue weighted by Crippen LogP contribution is -2.35. The molecule has 0 aliphatic rings. The fraction of sp³-hybridized carbons (Fsp3) is 0.333. The number of aryl methyl sites for hydroxylation is 2. The Morgan fingerprint density at radius 2 is 2.15 bits per heavy atom. The molecule has 0 saturated carbocycles. The predicted molar refractivity (Wildman–Crippen MR) is 96.5 cm³/mol.